The van der Waals surface area contributed by atoms with Crippen LogP contribution in [0.15, 0.2) is 11.7 Å². The third-order valence-electron chi connectivity index (χ3n) is 4.30. The smallest absolute Gasteiger partial charge is 0.0794 e. The van der Waals surface area contributed by atoms with Crippen LogP contribution in [0.3, 0.4) is 0 Å². The Balaban J connectivity index is 1.75. The van der Waals surface area contributed by atoms with Gasteiger partial charge in [-0.2, -0.15) is 0 Å². The second-order valence-corrected chi connectivity index (χ2v) is 6.32. The zero-order valence-corrected chi connectivity index (χ0v) is 11.1. The Labute approximate surface area is 107 Å². The molecule has 1 aliphatic carbocycles. The van der Waals surface area contributed by atoms with E-state index in [4.69, 9.17) is 0 Å². The molecule has 4 heteroatoms. The largest absolute Gasteiger partial charge is 0.314 e. The molecule has 1 saturated heterocycles. The molecule has 1 saturated carbocycles. The maximum absolute atomic E-state index is 4.20. The van der Waals surface area contributed by atoms with Crippen molar-refractivity contribution in [3.63, 3.8) is 0 Å². The molecule has 0 unspecified atom stereocenters. The lowest BCUT2D eigenvalue weighted by atomic mass is 9.79. The Hall–Kier alpha value is -0.450. The molecular weight excluding hydrogens is 230 g/mol. The van der Waals surface area contributed by atoms with Crippen LogP contribution in [0.25, 0.3) is 0 Å². The van der Waals surface area contributed by atoms with Gasteiger partial charge in [0.1, 0.15) is 0 Å². The highest BCUT2D eigenvalue weighted by Crippen LogP contribution is 2.35. The third-order valence-corrected chi connectivity index (χ3v) is 5.06. The molecule has 94 valence electrons. The summed E-state index contributed by atoms with van der Waals surface area (Å²) < 4.78 is 0. The second-order valence-electron chi connectivity index (χ2n) is 5.35. The first kappa shape index (κ1) is 11.6. The molecule has 0 amide bonds. The number of nitrogens with one attached hydrogen (secondary N) is 1. The van der Waals surface area contributed by atoms with Crippen LogP contribution < -0.4 is 5.32 Å². The van der Waals surface area contributed by atoms with E-state index in [-0.39, 0.29) is 0 Å². The van der Waals surface area contributed by atoms with Gasteiger partial charge in [-0.15, -0.1) is 11.3 Å². The number of hydrogen-bond acceptors (Lipinski definition) is 4. The summed E-state index contributed by atoms with van der Waals surface area (Å²) in [5.41, 5.74) is 2.39. The number of nitrogens with zero attached hydrogens (tertiary/aromatic N) is 2. The van der Waals surface area contributed by atoms with Gasteiger partial charge in [0, 0.05) is 42.8 Å². The van der Waals surface area contributed by atoms with Crippen molar-refractivity contribution in [2.45, 2.75) is 44.2 Å². The van der Waals surface area contributed by atoms with Gasteiger partial charge in [0.15, 0.2) is 0 Å². The van der Waals surface area contributed by atoms with Gasteiger partial charge < -0.3 is 5.32 Å². The predicted molar refractivity (Wildman–Crippen MR) is 71.2 cm³/mol. The van der Waals surface area contributed by atoms with Crippen LogP contribution in [0, 0.1) is 0 Å². The Bertz CT molecular complexity index is 335. The molecule has 1 spiro atoms. The maximum atomic E-state index is 4.20. The number of rotatable bonds is 2. The SMILES string of the molecule is c1ncc(CN2CCNCC23CCCCC3)s1. The average Bonchev–Trinajstić information content (AvgIpc) is 2.86. The fraction of sp³-hybridized carbons (Fsp3) is 0.769. The first-order chi connectivity index (χ1) is 8.39. The molecule has 1 aromatic heterocycles. The number of aromatic nitrogens is 1. The molecule has 3 rings (SSSR count). The topological polar surface area (TPSA) is 28.2 Å². The summed E-state index contributed by atoms with van der Waals surface area (Å²) in [4.78, 5) is 8.33. The minimum Gasteiger partial charge on any atom is -0.314 e. The van der Waals surface area contributed by atoms with E-state index in [1.165, 1.54) is 50.1 Å². The first-order valence-corrected chi connectivity index (χ1v) is 7.60. The summed E-state index contributed by atoms with van der Waals surface area (Å²) in [6.07, 6.45) is 9.01. The van der Waals surface area contributed by atoms with Crippen LogP contribution in [0.2, 0.25) is 0 Å². The molecule has 2 fully saturated rings. The van der Waals surface area contributed by atoms with Crippen molar-refractivity contribution in [1.82, 2.24) is 15.2 Å². The first-order valence-electron chi connectivity index (χ1n) is 6.72. The minimum atomic E-state index is 0.445. The highest BCUT2D eigenvalue weighted by atomic mass is 32.1. The van der Waals surface area contributed by atoms with E-state index in [2.05, 4.69) is 15.2 Å². The molecule has 2 heterocycles. The van der Waals surface area contributed by atoms with E-state index < -0.39 is 0 Å². The molecule has 1 N–H and O–H groups in total. The van der Waals surface area contributed by atoms with E-state index in [9.17, 15) is 0 Å². The van der Waals surface area contributed by atoms with Crippen LogP contribution in [0.1, 0.15) is 37.0 Å². The summed E-state index contributed by atoms with van der Waals surface area (Å²) >= 11 is 1.79. The van der Waals surface area contributed by atoms with E-state index in [1.54, 1.807) is 11.3 Å². The van der Waals surface area contributed by atoms with Gasteiger partial charge in [0.2, 0.25) is 0 Å². The van der Waals surface area contributed by atoms with Crippen molar-refractivity contribution in [3.05, 3.63) is 16.6 Å². The molecule has 1 aliphatic heterocycles. The molecule has 1 aromatic rings. The number of thiazole rings is 1. The second kappa shape index (κ2) is 5.04. The van der Waals surface area contributed by atoms with E-state index in [1.807, 2.05) is 11.7 Å². The summed E-state index contributed by atoms with van der Waals surface area (Å²) in [6, 6.07) is 0. The third kappa shape index (κ3) is 2.39. The van der Waals surface area contributed by atoms with Gasteiger partial charge in [-0.05, 0) is 12.8 Å². The summed E-state index contributed by atoms with van der Waals surface area (Å²) in [5.74, 6) is 0. The van der Waals surface area contributed by atoms with E-state index in [0.29, 0.717) is 5.54 Å². The van der Waals surface area contributed by atoms with Crippen molar-refractivity contribution < 1.29 is 0 Å². The van der Waals surface area contributed by atoms with Crippen molar-refractivity contribution in [2.75, 3.05) is 19.6 Å². The van der Waals surface area contributed by atoms with Crippen LogP contribution in [-0.4, -0.2) is 35.1 Å². The summed E-state index contributed by atoms with van der Waals surface area (Å²) in [7, 11) is 0. The fourth-order valence-corrected chi connectivity index (χ4v) is 3.95. The van der Waals surface area contributed by atoms with Gasteiger partial charge >= 0.3 is 0 Å². The van der Waals surface area contributed by atoms with Crippen molar-refractivity contribution in [2.24, 2.45) is 0 Å². The Morgan fingerprint density at radius 3 is 3.00 bits per heavy atom. The highest BCUT2D eigenvalue weighted by molar-refractivity contribution is 7.09. The zero-order chi connectivity index (χ0) is 11.6. The Kier molecular flexibility index (Phi) is 3.45. The van der Waals surface area contributed by atoms with Crippen LogP contribution in [0.5, 0.6) is 0 Å². The molecule has 0 aromatic carbocycles. The molecule has 17 heavy (non-hydrogen) atoms. The lowest BCUT2D eigenvalue weighted by Crippen LogP contribution is -2.61. The number of hydrogen-bond donors (Lipinski definition) is 1. The van der Waals surface area contributed by atoms with Gasteiger partial charge in [-0.3, -0.25) is 9.88 Å². The van der Waals surface area contributed by atoms with E-state index >= 15 is 0 Å². The van der Waals surface area contributed by atoms with Gasteiger partial charge in [0.25, 0.3) is 0 Å². The lowest BCUT2D eigenvalue weighted by Gasteiger charge is -2.49. The normalized spacial score (nSPS) is 25.2. The lowest BCUT2D eigenvalue weighted by molar-refractivity contribution is 0.0216. The quantitative estimate of drug-likeness (QED) is 0.874. The predicted octanol–water partition coefficient (Wildman–Crippen LogP) is 2.25. The Morgan fingerprint density at radius 2 is 2.24 bits per heavy atom. The molecular formula is C13H21N3S. The molecule has 2 aliphatic rings. The van der Waals surface area contributed by atoms with Crippen molar-refractivity contribution in [3.8, 4) is 0 Å². The monoisotopic (exact) mass is 251 g/mol. The van der Waals surface area contributed by atoms with E-state index in [0.717, 1.165) is 13.1 Å². The van der Waals surface area contributed by atoms with Crippen LogP contribution in [0.4, 0.5) is 0 Å². The molecule has 3 nitrogen and oxygen atoms in total. The van der Waals surface area contributed by atoms with Gasteiger partial charge in [-0.1, -0.05) is 19.3 Å². The summed E-state index contributed by atoms with van der Waals surface area (Å²) in [5, 5.41) is 3.60. The fourth-order valence-electron chi connectivity index (χ4n) is 3.34. The maximum Gasteiger partial charge on any atom is 0.0794 e. The highest BCUT2D eigenvalue weighted by Gasteiger charge is 2.39. The van der Waals surface area contributed by atoms with Crippen molar-refractivity contribution in [1.29, 1.82) is 0 Å². The van der Waals surface area contributed by atoms with Gasteiger partial charge in [0.05, 0.1) is 5.51 Å². The van der Waals surface area contributed by atoms with Gasteiger partial charge in [-0.25, -0.2) is 0 Å². The molecule has 0 radical (unpaired) electrons. The summed E-state index contributed by atoms with van der Waals surface area (Å²) in [6.45, 7) is 4.62. The van der Waals surface area contributed by atoms with Crippen molar-refractivity contribution >= 4 is 11.3 Å². The number of piperazine rings is 1. The van der Waals surface area contributed by atoms with Crippen LogP contribution >= 0.6 is 11.3 Å². The van der Waals surface area contributed by atoms with Crippen LogP contribution in [-0.2, 0) is 6.54 Å². The minimum absolute atomic E-state index is 0.445. The standard InChI is InChI=1S/C13H21N3S/c1-2-4-13(5-3-1)10-14-6-7-16(13)9-12-8-15-11-17-12/h8,11,14H,1-7,9-10H2. The molecule has 0 atom stereocenters. The molecule has 0 bridgehead atoms. The zero-order valence-electron chi connectivity index (χ0n) is 10.3. The Morgan fingerprint density at radius 1 is 1.35 bits per heavy atom. The average molecular weight is 251 g/mol.